The van der Waals surface area contributed by atoms with E-state index in [1.165, 1.54) is 16.0 Å². The molecule has 0 fully saturated rings. The molecule has 0 aliphatic heterocycles. The average Bonchev–Trinajstić information content (AvgIpc) is 2.34. The summed E-state index contributed by atoms with van der Waals surface area (Å²) in [5, 5.41) is 3.12. The third-order valence-corrected chi connectivity index (χ3v) is 3.15. The zero-order valence-electron chi connectivity index (χ0n) is 10.0. The fraction of sp³-hybridized carbons (Fsp3) is 0.125. The molecule has 0 aromatic heterocycles. The summed E-state index contributed by atoms with van der Waals surface area (Å²) in [4.78, 5) is 1.19. The van der Waals surface area contributed by atoms with Crippen molar-refractivity contribution in [3.8, 4) is 11.2 Å². The van der Waals surface area contributed by atoms with Crippen LogP contribution in [-0.4, -0.2) is 0 Å². The first-order valence-electron chi connectivity index (χ1n) is 5.55. The number of hydrogen-bond acceptors (Lipinski definition) is 1. The van der Waals surface area contributed by atoms with Crippen LogP contribution in [0.25, 0.3) is 0 Å². The first kappa shape index (κ1) is 11.8. The van der Waals surface area contributed by atoms with E-state index in [0.29, 0.717) is 0 Å². The number of aryl methyl sites for hydroxylation is 2. The molecule has 1 heteroatoms. The molecule has 0 radical (unpaired) electrons. The number of thioether (sulfide) groups is 1. The second-order valence-corrected chi connectivity index (χ2v) is 4.89. The lowest BCUT2D eigenvalue weighted by atomic mass is 10.2. The van der Waals surface area contributed by atoms with Crippen LogP contribution in [0.3, 0.4) is 0 Å². The molecule has 2 aromatic rings. The quantitative estimate of drug-likeness (QED) is 0.524. The lowest BCUT2D eigenvalue weighted by molar-refractivity contribution is 1.38. The molecule has 0 unspecified atom stereocenters. The highest BCUT2D eigenvalue weighted by Gasteiger charge is 1.90. The van der Waals surface area contributed by atoms with E-state index >= 15 is 0 Å². The molecule has 0 N–H and O–H groups in total. The summed E-state index contributed by atoms with van der Waals surface area (Å²) in [6.45, 7) is 4.17. The summed E-state index contributed by atoms with van der Waals surface area (Å²) in [5.74, 6) is 3.15. The first-order valence-corrected chi connectivity index (χ1v) is 6.37. The smallest absolute Gasteiger partial charge is 0.0254 e. The minimum absolute atomic E-state index is 1.07. The van der Waals surface area contributed by atoms with Crippen molar-refractivity contribution >= 4 is 11.8 Å². The molecule has 0 bridgehead atoms. The van der Waals surface area contributed by atoms with Crippen LogP contribution in [0.15, 0.2) is 53.4 Å². The molecule has 2 aromatic carbocycles. The van der Waals surface area contributed by atoms with Gasteiger partial charge in [0.2, 0.25) is 0 Å². The van der Waals surface area contributed by atoms with Crippen LogP contribution in [0.5, 0.6) is 0 Å². The molecule has 0 aliphatic carbocycles. The molecule has 84 valence electrons. The molecular weight excluding hydrogens is 224 g/mol. The highest BCUT2D eigenvalue weighted by atomic mass is 32.2. The van der Waals surface area contributed by atoms with Gasteiger partial charge in [0.15, 0.2) is 0 Å². The molecular formula is C16H14S. The number of hydrogen-bond donors (Lipinski definition) is 0. The van der Waals surface area contributed by atoms with Gasteiger partial charge in [0.1, 0.15) is 0 Å². The van der Waals surface area contributed by atoms with Crippen LogP contribution in [-0.2, 0) is 0 Å². The zero-order valence-corrected chi connectivity index (χ0v) is 10.8. The molecule has 0 saturated heterocycles. The van der Waals surface area contributed by atoms with Gasteiger partial charge in [0, 0.05) is 10.5 Å². The lowest BCUT2D eigenvalue weighted by Gasteiger charge is -1.94. The van der Waals surface area contributed by atoms with Crippen molar-refractivity contribution in [2.45, 2.75) is 18.7 Å². The summed E-state index contributed by atoms with van der Waals surface area (Å²) < 4.78 is 0. The predicted octanol–water partition coefficient (Wildman–Crippen LogP) is 4.40. The maximum Gasteiger partial charge on any atom is 0.0254 e. The van der Waals surface area contributed by atoms with Gasteiger partial charge in [-0.25, -0.2) is 0 Å². The first-order chi connectivity index (χ1) is 8.24. The molecule has 0 atom stereocenters. The Kier molecular flexibility index (Phi) is 3.90. The van der Waals surface area contributed by atoms with Gasteiger partial charge in [0.05, 0.1) is 0 Å². The van der Waals surface area contributed by atoms with Crippen molar-refractivity contribution in [1.29, 1.82) is 0 Å². The van der Waals surface area contributed by atoms with Gasteiger partial charge in [-0.05, 0) is 55.1 Å². The number of rotatable bonds is 1. The van der Waals surface area contributed by atoms with E-state index < -0.39 is 0 Å². The van der Waals surface area contributed by atoms with Crippen molar-refractivity contribution in [2.75, 3.05) is 0 Å². The van der Waals surface area contributed by atoms with Crippen molar-refractivity contribution in [1.82, 2.24) is 0 Å². The van der Waals surface area contributed by atoms with Gasteiger partial charge in [0.25, 0.3) is 0 Å². The van der Waals surface area contributed by atoms with Crippen LogP contribution in [0.4, 0.5) is 0 Å². The maximum absolute atomic E-state index is 3.15. The summed E-state index contributed by atoms with van der Waals surface area (Å²) in [6, 6.07) is 16.7. The Hall–Kier alpha value is -1.65. The van der Waals surface area contributed by atoms with E-state index in [9.17, 15) is 0 Å². The van der Waals surface area contributed by atoms with Crippen molar-refractivity contribution in [2.24, 2.45) is 0 Å². The summed E-state index contributed by atoms with van der Waals surface area (Å²) in [6.07, 6.45) is 0. The van der Waals surface area contributed by atoms with E-state index in [-0.39, 0.29) is 0 Å². The minimum atomic E-state index is 1.07. The van der Waals surface area contributed by atoms with Crippen LogP contribution >= 0.6 is 11.8 Å². The second kappa shape index (κ2) is 5.61. The van der Waals surface area contributed by atoms with Gasteiger partial charge < -0.3 is 0 Å². The van der Waals surface area contributed by atoms with E-state index in [0.717, 1.165) is 5.56 Å². The van der Waals surface area contributed by atoms with Crippen molar-refractivity contribution in [3.63, 3.8) is 0 Å². The van der Waals surface area contributed by atoms with Gasteiger partial charge >= 0.3 is 0 Å². The maximum atomic E-state index is 3.15. The van der Waals surface area contributed by atoms with Crippen LogP contribution < -0.4 is 0 Å². The normalized spacial score (nSPS) is 9.53. The molecule has 2 rings (SSSR count). The molecule has 0 saturated carbocycles. The molecule has 17 heavy (non-hydrogen) atoms. The van der Waals surface area contributed by atoms with E-state index in [1.54, 1.807) is 11.8 Å². The van der Waals surface area contributed by atoms with Crippen LogP contribution in [0, 0.1) is 25.0 Å². The fourth-order valence-electron chi connectivity index (χ4n) is 1.39. The van der Waals surface area contributed by atoms with E-state index in [4.69, 9.17) is 0 Å². The van der Waals surface area contributed by atoms with Crippen LogP contribution in [0.1, 0.15) is 16.7 Å². The largest absolute Gasteiger partial charge is 0.0582 e. The Morgan fingerprint density at radius 1 is 0.765 bits per heavy atom. The summed E-state index contributed by atoms with van der Waals surface area (Å²) in [7, 11) is 0. The Balaban J connectivity index is 2.03. The zero-order chi connectivity index (χ0) is 12.1. The summed E-state index contributed by atoms with van der Waals surface area (Å²) in [5.41, 5.74) is 3.61. The van der Waals surface area contributed by atoms with Crippen LogP contribution in [0.2, 0.25) is 0 Å². The highest BCUT2D eigenvalue weighted by molar-refractivity contribution is 8.03. The van der Waals surface area contributed by atoms with Gasteiger partial charge in [-0.2, -0.15) is 0 Å². The third kappa shape index (κ3) is 3.69. The van der Waals surface area contributed by atoms with Gasteiger partial charge in [-0.3, -0.25) is 0 Å². The summed E-state index contributed by atoms with van der Waals surface area (Å²) >= 11 is 1.57. The molecule has 0 aliphatic rings. The molecule has 0 heterocycles. The second-order valence-electron chi connectivity index (χ2n) is 4.01. The minimum Gasteiger partial charge on any atom is -0.0582 e. The fourth-order valence-corrected chi connectivity index (χ4v) is 1.95. The molecule has 0 amide bonds. The third-order valence-electron chi connectivity index (χ3n) is 2.44. The Morgan fingerprint density at radius 3 is 1.88 bits per heavy atom. The number of benzene rings is 2. The Labute approximate surface area is 107 Å². The van der Waals surface area contributed by atoms with E-state index in [1.807, 2.05) is 0 Å². The van der Waals surface area contributed by atoms with E-state index in [2.05, 4.69) is 73.6 Å². The Morgan fingerprint density at radius 2 is 1.29 bits per heavy atom. The highest BCUT2D eigenvalue weighted by Crippen LogP contribution is 2.16. The standard InChI is InChI=1S/C16H14S/c1-13-3-7-15(8-4-13)11-12-17-16-9-5-14(2)6-10-16/h3-10H,1-2H3. The monoisotopic (exact) mass is 238 g/mol. The SMILES string of the molecule is Cc1ccc(C#CSc2ccc(C)cc2)cc1. The lowest BCUT2D eigenvalue weighted by Crippen LogP contribution is -1.74. The van der Waals surface area contributed by atoms with Gasteiger partial charge in [-0.15, -0.1) is 0 Å². The van der Waals surface area contributed by atoms with Crippen molar-refractivity contribution < 1.29 is 0 Å². The van der Waals surface area contributed by atoms with Gasteiger partial charge in [-0.1, -0.05) is 41.3 Å². The predicted molar refractivity (Wildman–Crippen MR) is 75.1 cm³/mol. The molecule has 0 nitrogen and oxygen atoms in total. The topological polar surface area (TPSA) is 0 Å². The average molecular weight is 238 g/mol. The van der Waals surface area contributed by atoms with Crippen molar-refractivity contribution in [3.05, 3.63) is 65.2 Å². The Bertz CT molecular complexity index is 539. The molecule has 0 spiro atoms.